The Kier molecular flexibility index (Phi) is 5.55. The average Bonchev–Trinajstić information content (AvgIpc) is 3.23. The van der Waals surface area contributed by atoms with Crippen LogP contribution in [0.15, 0.2) is 24.3 Å². The van der Waals surface area contributed by atoms with Gasteiger partial charge in [-0.1, -0.05) is 42.7 Å². The van der Waals surface area contributed by atoms with Crippen LogP contribution < -0.4 is 10.6 Å². The summed E-state index contributed by atoms with van der Waals surface area (Å²) in [6.07, 6.45) is 6.75. The van der Waals surface area contributed by atoms with E-state index in [9.17, 15) is 4.79 Å². The number of hydrogen-bond acceptors (Lipinski definition) is 2. The zero-order valence-corrected chi connectivity index (χ0v) is 14.2. The van der Waals surface area contributed by atoms with Crippen LogP contribution in [0.2, 0.25) is 0 Å². The van der Waals surface area contributed by atoms with E-state index < -0.39 is 0 Å². The highest BCUT2D eigenvalue weighted by molar-refractivity contribution is 5.73. The van der Waals surface area contributed by atoms with E-state index in [0.29, 0.717) is 12.5 Å². The largest absolute Gasteiger partial charge is 0.338 e. The van der Waals surface area contributed by atoms with Crippen LogP contribution in [-0.4, -0.2) is 36.6 Å². The number of rotatable bonds is 5. The molecular formula is C19H29N3O. The summed E-state index contributed by atoms with van der Waals surface area (Å²) in [7, 11) is 0. The molecule has 2 N–H and O–H groups in total. The van der Waals surface area contributed by atoms with E-state index in [2.05, 4.69) is 46.7 Å². The average molecular weight is 315 g/mol. The second-order valence-corrected chi connectivity index (χ2v) is 7.14. The van der Waals surface area contributed by atoms with Gasteiger partial charge in [0.2, 0.25) is 0 Å². The summed E-state index contributed by atoms with van der Waals surface area (Å²) in [6.45, 7) is 5.82. The minimum Gasteiger partial charge on any atom is -0.338 e. The number of nitrogens with one attached hydrogen (secondary N) is 2. The van der Waals surface area contributed by atoms with Crippen LogP contribution in [0.1, 0.15) is 43.2 Å². The quantitative estimate of drug-likeness (QED) is 0.877. The van der Waals surface area contributed by atoms with Crippen LogP contribution in [0, 0.1) is 12.8 Å². The second-order valence-electron chi connectivity index (χ2n) is 7.14. The molecule has 2 fully saturated rings. The maximum atomic E-state index is 11.9. The number of benzene rings is 1. The Morgan fingerprint density at radius 2 is 1.87 bits per heavy atom. The van der Waals surface area contributed by atoms with Gasteiger partial charge in [0.1, 0.15) is 0 Å². The standard InChI is InChI=1S/C19H29N3O/c1-15-6-8-16(9-7-15)12-20-19(23)21-13-17-10-11-22(14-17)18-4-2-3-5-18/h6-9,17-18H,2-5,10-14H2,1H3,(H2,20,21,23)/t17-/m1/s1. The first kappa shape index (κ1) is 16.3. The molecule has 1 atom stereocenters. The summed E-state index contributed by atoms with van der Waals surface area (Å²) in [4.78, 5) is 14.6. The molecule has 0 bridgehead atoms. The van der Waals surface area contributed by atoms with Gasteiger partial charge in [-0.3, -0.25) is 0 Å². The molecule has 1 aromatic rings. The first-order valence-electron chi connectivity index (χ1n) is 9.02. The summed E-state index contributed by atoms with van der Waals surface area (Å²) in [5, 5.41) is 5.99. The van der Waals surface area contributed by atoms with Gasteiger partial charge < -0.3 is 15.5 Å². The SMILES string of the molecule is Cc1ccc(CNC(=O)NC[C@H]2CCN(C3CCCC3)C2)cc1. The molecule has 1 heterocycles. The van der Waals surface area contributed by atoms with Gasteiger partial charge in [-0.25, -0.2) is 4.79 Å². The Labute approximate surface area is 139 Å². The van der Waals surface area contributed by atoms with Crippen molar-refractivity contribution in [2.75, 3.05) is 19.6 Å². The smallest absolute Gasteiger partial charge is 0.315 e. The monoisotopic (exact) mass is 315 g/mol. The molecule has 1 saturated heterocycles. The fourth-order valence-corrected chi connectivity index (χ4v) is 3.82. The Bertz CT molecular complexity index is 508. The van der Waals surface area contributed by atoms with Crippen molar-refractivity contribution in [1.29, 1.82) is 0 Å². The second kappa shape index (κ2) is 7.82. The number of hydrogen-bond donors (Lipinski definition) is 2. The molecule has 1 saturated carbocycles. The molecule has 2 amide bonds. The van der Waals surface area contributed by atoms with Crippen molar-refractivity contribution >= 4 is 6.03 Å². The molecule has 126 valence electrons. The van der Waals surface area contributed by atoms with E-state index in [1.807, 2.05) is 0 Å². The first-order chi connectivity index (χ1) is 11.2. The summed E-state index contributed by atoms with van der Waals surface area (Å²) >= 11 is 0. The number of carbonyl (C=O) groups excluding carboxylic acids is 1. The van der Waals surface area contributed by atoms with Gasteiger partial charge in [0.15, 0.2) is 0 Å². The van der Waals surface area contributed by atoms with Crippen LogP contribution in [0.5, 0.6) is 0 Å². The molecule has 0 spiro atoms. The summed E-state index contributed by atoms with van der Waals surface area (Å²) < 4.78 is 0. The van der Waals surface area contributed by atoms with E-state index >= 15 is 0 Å². The summed E-state index contributed by atoms with van der Waals surface area (Å²) in [6, 6.07) is 9.04. The Hall–Kier alpha value is -1.55. The van der Waals surface area contributed by atoms with Gasteiger partial charge in [0.05, 0.1) is 0 Å². The third-order valence-corrected chi connectivity index (χ3v) is 5.28. The normalized spacial score (nSPS) is 22.4. The number of likely N-dealkylation sites (tertiary alicyclic amines) is 1. The van der Waals surface area contributed by atoms with Crippen molar-refractivity contribution in [2.45, 2.75) is 51.6 Å². The van der Waals surface area contributed by atoms with Crippen molar-refractivity contribution < 1.29 is 4.79 Å². The van der Waals surface area contributed by atoms with Crippen LogP contribution in [-0.2, 0) is 6.54 Å². The van der Waals surface area contributed by atoms with Gasteiger partial charge in [-0.15, -0.1) is 0 Å². The summed E-state index contributed by atoms with van der Waals surface area (Å²) in [5.41, 5.74) is 2.38. The maximum Gasteiger partial charge on any atom is 0.315 e. The van der Waals surface area contributed by atoms with Gasteiger partial charge in [0, 0.05) is 25.7 Å². The molecule has 4 heteroatoms. The van der Waals surface area contributed by atoms with Crippen molar-refractivity contribution in [3.63, 3.8) is 0 Å². The van der Waals surface area contributed by atoms with Crippen molar-refractivity contribution in [3.8, 4) is 0 Å². The zero-order valence-electron chi connectivity index (χ0n) is 14.2. The maximum absolute atomic E-state index is 11.9. The molecule has 0 unspecified atom stereocenters. The fourth-order valence-electron chi connectivity index (χ4n) is 3.82. The Morgan fingerprint density at radius 3 is 2.61 bits per heavy atom. The number of urea groups is 1. The van der Waals surface area contributed by atoms with E-state index in [4.69, 9.17) is 0 Å². The topological polar surface area (TPSA) is 44.4 Å². The fraction of sp³-hybridized carbons (Fsp3) is 0.632. The van der Waals surface area contributed by atoms with Crippen LogP contribution >= 0.6 is 0 Å². The minimum atomic E-state index is -0.0510. The molecule has 23 heavy (non-hydrogen) atoms. The van der Waals surface area contributed by atoms with E-state index in [1.165, 1.54) is 44.2 Å². The predicted octanol–water partition coefficient (Wildman–Crippen LogP) is 3.06. The van der Waals surface area contributed by atoms with Gasteiger partial charge in [-0.05, 0) is 44.2 Å². The number of amides is 2. The molecule has 3 rings (SSSR count). The van der Waals surface area contributed by atoms with Crippen LogP contribution in [0.4, 0.5) is 4.79 Å². The predicted molar refractivity (Wildman–Crippen MR) is 93.4 cm³/mol. The lowest BCUT2D eigenvalue weighted by molar-refractivity contribution is 0.230. The minimum absolute atomic E-state index is 0.0510. The molecule has 2 aliphatic rings. The molecule has 1 aliphatic carbocycles. The number of nitrogens with zero attached hydrogens (tertiary/aromatic N) is 1. The lowest BCUT2D eigenvalue weighted by atomic mass is 10.1. The highest BCUT2D eigenvalue weighted by Crippen LogP contribution is 2.28. The van der Waals surface area contributed by atoms with Crippen molar-refractivity contribution in [3.05, 3.63) is 35.4 Å². The molecule has 1 aliphatic heterocycles. The van der Waals surface area contributed by atoms with Crippen molar-refractivity contribution in [1.82, 2.24) is 15.5 Å². The lowest BCUT2D eigenvalue weighted by Crippen LogP contribution is -2.39. The van der Waals surface area contributed by atoms with Crippen LogP contribution in [0.3, 0.4) is 0 Å². The number of carbonyl (C=O) groups is 1. The van der Waals surface area contributed by atoms with Crippen molar-refractivity contribution in [2.24, 2.45) is 5.92 Å². The molecule has 1 aromatic carbocycles. The number of aryl methyl sites for hydroxylation is 1. The third-order valence-electron chi connectivity index (χ3n) is 5.28. The molecule has 0 aromatic heterocycles. The Morgan fingerprint density at radius 1 is 1.13 bits per heavy atom. The van der Waals surface area contributed by atoms with Gasteiger partial charge in [0.25, 0.3) is 0 Å². The van der Waals surface area contributed by atoms with E-state index in [0.717, 1.165) is 24.7 Å². The Balaban J connectivity index is 1.33. The van der Waals surface area contributed by atoms with Gasteiger partial charge >= 0.3 is 6.03 Å². The van der Waals surface area contributed by atoms with Crippen LogP contribution in [0.25, 0.3) is 0 Å². The third kappa shape index (κ3) is 4.71. The molecular weight excluding hydrogens is 286 g/mol. The zero-order chi connectivity index (χ0) is 16.1. The highest BCUT2D eigenvalue weighted by atomic mass is 16.2. The summed E-state index contributed by atoms with van der Waals surface area (Å²) in [5.74, 6) is 0.612. The highest BCUT2D eigenvalue weighted by Gasteiger charge is 2.29. The van der Waals surface area contributed by atoms with E-state index in [-0.39, 0.29) is 6.03 Å². The van der Waals surface area contributed by atoms with Gasteiger partial charge in [-0.2, -0.15) is 0 Å². The molecule has 4 nitrogen and oxygen atoms in total. The van der Waals surface area contributed by atoms with E-state index in [1.54, 1.807) is 0 Å². The first-order valence-corrected chi connectivity index (χ1v) is 9.02. The molecule has 0 radical (unpaired) electrons. The lowest BCUT2D eigenvalue weighted by Gasteiger charge is -2.23.